The molecular formula is C20H21F3N6O3. The fourth-order valence-electron chi connectivity index (χ4n) is 2.89. The number of carbonyl (C=O) groups is 1. The summed E-state index contributed by atoms with van der Waals surface area (Å²) in [6.45, 7) is 2.81. The number of carbonyl (C=O) groups excluding carboxylic acids is 1. The maximum Gasteiger partial charge on any atom is 0.425 e. The number of hydrogen-bond donors (Lipinski definition) is 0. The average Bonchev–Trinajstić information content (AvgIpc) is 2.78. The smallest absolute Gasteiger partial charge is 0.425 e. The van der Waals surface area contributed by atoms with Crippen molar-refractivity contribution in [1.29, 1.82) is 5.26 Å². The molecule has 1 saturated heterocycles. The molecule has 0 aliphatic carbocycles. The van der Waals surface area contributed by atoms with E-state index in [-0.39, 0.29) is 19.7 Å². The first-order valence-corrected chi connectivity index (χ1v) is 9.77. The largest absolute Gasteiger partial charge is 0.486 e. The Morgan fingerprint density at radius 2 is 1.91 bits per heavy atom. The average molecular weight is 450 g/mol. The fourth-order valence-corrected chi connectivity index (χ4v) is 2.89. The predicted octanol–water partition coefficient (Wildman–Crippen LogP) is 2.53. The molecule has 1 unspecified atom stereocenters. The Bertz CT molecular complexity index is 956. The van der Waals surface area contributed by atoms with Crippen LogP contribution in [0.4, 0.5) is 18.0 Å². The minimum Gasteiger partial charge on any atom is -0.486 e. The van der Waals surface area contributed by atoms with Gasteiger partial charge in [-0.15, -0.1) is 0 Å². The molecule has 0 saturated carbocycles. The summed E-state index contributed by atoms with van der Waals surface area (Å²) in [5, 5.41) is 9.08. The molecule has 0 aromatic carbocycles. The minimum atomic E-state index is -4.58. The summed E-state index contributed by atoms with van der Waals surface area (Å²) in [7, 11) is 0. The van der Waals surface area contributed by atoms with Crippen molar-refractivity contribution >= 4 is 6.09 Å². The first kappa shape index (κ1) is 23.2. The van der Waals surface area contributed by atoms with Gasteiger partial charge in [-0.3, -0.25) is 9.88 Å². The lowest BCUT2D eigenvalue weighted by Crippen LogP contribution is -2.49. The van der Waals surface area contributed by atoms with Crippen molar-refractivity contribution in [3.05, 3.63) is 47.8 Å². The second-order valence-electron chi connectivity index (χ2n) is 7.10. The molecule has 170 valence electrons. The van der Waals surface area contributed by atoms with Crippen molar-refractivity contribution in [2.24, 2.45) is 0 Å². The number of alkyl halides is 3. The highest BCUT2D eigenvalue weighted by Gasteiger charge is 2.40. The molecule has 1 aliphatic heterocycles. The van der Waals surface area contributed by atoms with E-state index in [0.717, 1.165) is 6.92 Å². The number of aromatic nitrogens is 3. The zero-order chi connectivity index (χ0) is 23.1. The molecule has 1 fully saturated rings. The van der Waals surface area contributed by atoms with Gasteiger partial charge in [0.15, 0.2) is 11.9 Å². The lowest BCUT2D eigenvalue weighted by molar-refractivity contribution is -0.200. The van der Waals surface area contributed by atoms with E-state index in [1.54, 1.807) is 12.3 Å². The molecule has 2 aromatic rings. The highest BCUT2D eigenvalue weighted by molar-refractivity contribution is 5.68. The number of piperazine rings is 1. The van der Waals surface area contributed by atoms with E-state index in [0.29, 0.717) is 42.3 Å². The summed E-state index contributed by atoms with van der Waals surface area (Å²) in [6.07, 6.45) is -1.60. The van der Waals surface area contributed by atoms with Crippen molar-refractivity contribution in [3.63, 3.8) is 0 Å². The number of amides is 1. The third kappa shape index (κ3) is 6.27. The fraction of sp³-hybridized carbons (Fsp3) is 0.450. The maximum absolute atomic E-state index is 12.5. The first-order valence-electron chi connectivity index (χ1n) is 9.77. The van der Waals surface area contributed by atoms with Crippen LogP contribution < -0.4 is 4.74 Å². The Balaban J connectivity index is 1.44. The van der Waals surface area contributed by atoms with Crippen LogP contribution in [0.3, 0.4) is 0 Å². The molecular weight excluding hydrogens is 429 g/mol. The summed E-state index contributed by atoms with van der Waals surface area (Å²) in [4.78, 5) is 27.6. The highest BCUT2D eigenvalue weighted by atomic mass is 19.4. The predicted molar refractivity (Wildman–Crippen MR) is 104 cm³/mol. The third-order valence-electron chi connectivity index (χ3n) is 4.84. The van der Waals surface area contributed by atoms with Gasteiger partial charge in [0.1, 0.15) is 18.5 Å². The molecule has 0 radical (unpaired) electrons. The van der Waals surface area contributed by atoms with Crippen LogP contribution in [0.5, 0.6) is 5.75 Å². The first-order chi connectivity index (χ1) is 15.3. The molecule has 0 spiro atoms. The number of pyridine rings is 1. The molecule has 0 bridgehead atoms. The number of nitriles is 1. The van der Waals surface area contributed by atoms with Gasteiger partial charge in [0.2, 0.25) is 0 Å². The van der Waals surface area contributed by atoms with Gasteiger partial charge >= 0.3 is 12.3 Å². The number of halogens is 3. The maximum atomic E-state index is 12.5. The van der Waals surface area contributed by atoms with Crippen LogP contribution in [0.15, 0.2) is 30.9 Å². The van der Waals surface area contributed by atoms with Crippen LogP contribution in [0.25, 0.3) is 0 Å². The highest BCUT2D eigenvalue weighted by Crippen LogP contribution is 2.23. The topological polar surface area (TPSA) is 104 Å². The normalized spacial score (nSPS) is 15.7. The summed E-state index contributed by atoms with van der Waals surface area (Å²) in [5.41, 5.74) is 1.13. The van der Waals surface area contributed by atoms with Crippen molar-refractivity contribution in [2.45, 2.75) is 32.4 Å². The van der Waals surface area contributed by atoms with Gasteiger partial charge in [-0.1, -0.05) is 0 Å². The molecule has 32 heavy (non-hydrogen) atoms. The van der Waals surface area contributed by atoms with Crippen LogP contribution >= 0.6 is 0 Å². The Kier molecular flexibility index (Phi) is 7.42. The summed E-state index contributed by atoms with van der Waals surface area (Å²) in [6, 6.07) is 3.75. The molecule has 3 heterocycles. The van der Waals surface area contributed by atoms with Crippen LogP contribution in [0.1, 0.15) is 23.9 Å². The molecule has 1 amide bonds. The number of rotatable bonds is 6. The Labute approximate surface area is 182 Å². The Hall–Kier alpha value is -3.46. The summed E-state index contributed by atoms with van der Waals surface area (Å²) < 4.78 is 47.7. The van der Waals surface area contributed by atoms with E-state index in [2.05, 4.69) is 25.8 Å². The Morgan fingerprint density at radius 3 is 2.53 bits per heavy atom. The quantitative estimate of drug-likeness (QED) is 0.661. The van der Waals surface area contributed by atoms with Gasteiger partial charge in [0, 0.05) is 44.1 Å². The van der Waals surface area contributed by atoms with Crippen LogP contribution in [-0.2, 0) is 17.9 Å². The summed E-state index contributed by atoms with van der Waals surface area (Å²) in [5.74, 6) is 0.987. The van der Waals surface area contributed by atoms with Gasteiger partial charge in [0.05, 0.1) is 24.5 Å². The van der Waals surface area contributed by atoms with Gasteiger partial charge in [-0.05, 0) is 13.0 Å². The van der Waals surface area contributed by atoms with E-state index in [1.807, 2.05) is 4.90 Å². The lowest BCUT2D eigenvalue weighted by atomic mass is 10.2. The van der Waals surface area contributed by atoms with E-state index < -0.39 is 18.4 Å². The second-order valence-corrected chi connectivity index (χ2v) is 7.10. The van der Waals surface area contributed by atoms with Crippen molar-refractivity contribution in [3.8, 4) is 11.8 Å². The van der Waals surface area contributed by atoms with E-state index in [1.165, 1.54) is 23.5 Å². The lowest BCUT2D eigenvalue weighted by Gasteiger charge is -2.34. The van der Waals surface area contributed by atoms with E-state index in [4.69, 9.17) is 10.00 Å². The van der Waals surface area contributed by atoms with Crippen molar-refractivity contribution in [1.82, 2.24) is 24.8 Å². The summed E-state index contributed by atoms with van der Waals surface area (Å²) >= 11 is 0. The second kappa shape index (κ2) is 10.2. The molecule has 9 nitrogen and oxygen atoms in total. The van der Waals surface area contributed by atoms with Gasteiger partial charge in [-0.25, -0.2) is 14.8 Å². The minimum absolute atomic E-state index is 0.180. The van der Waals surface area contributed by atoms with Crippen molar-refractivity contribution < 1.29 is 27.4 Å². The standard InChI is InChI=1S/C20H21F3N6O3/c1-14(20(21,22)23)32-19(30)29-6-4-28(5-7-29)12-18-26-10-17(11-27-18)31-13-15-2-3-25-9-16(15)8-24/h2-3,9-11,14H,4-7,12-13H2,1H3. The van der Waals surface area contributed by atoms with Crippen LogP contribution in [0.2, 0.25) is 0 Å². The number of hydrogen-bond acceptors (Lipinski definition) is 8. The molecule has 0 N–H and O–H groups in total. The zero-order valence-electron chi connectivity index (χ0n) is 17.2. The molecule has 3 rings (SSSR count). The SMILES string of the molecule is CC(OC(=O)N1CCN(Cc2ncc(OCc3ccncc3C#N)cn2)CC1)C(F)(F)F. The van der Waals surface area contributed by atoms with Gasteiger partial charge in [-0.2, -0.15) is 18.4 Å². The number of ether oxygens (including phenoxy) is 2. The molecule has 1 atom stereocenters. The van der Waals surface area contributed by atoms with E-state index in [9.17, 15) is 18.0 Å². The molecule has 2 aromatic heterocycles. The van der Waals surface area contributed by atoms with Crippen LogP contribution in [-0.4, -0.2) is 69.3 Å². The monoisotopic (exact) mass is 450 g/mol. The van der Waals surface area contributed by atoms with Gasteiger partial charge < -0.3 is 14.4 Å². The van der Waals surface area contributed by atoms with E-state index >= 15 is 0 Å². The zero-order valence-corrected chi connectivity index (χ0v) is 17.2. The third-order valence-corrected chi connectivity index (χ3v) is 4.84. The molecule has 1 aliphatic rings. The van der Waals surface area contributed by atoms with Gasteiger partial charge in [0.25, 0.3) is 0 Å². The molecule has 12 heteroatoms. The Morgan fingerprint density at radius 1 is 1.22 bits per heavy atom. The number of nitrogens with zero attached hydrogens (tertiary/aromatic N) is 6. The van der Waals surface area contributed by atoms with Crippen molar-refractivity contribution in [2.75, 3.05) is 26.2 Å². The van der Waals surface area contributed by atoms with Crippen LogP contribution in [0, 0.1) is 11.3 Å².